The summed E-state index contributed by atoms with van der Waals surface area (Å²) in [6.07, 6.45) is 3.45. The van der Waals surface area contributed by atoms with Crippen LogP contribution in [-0.2, 0) is 21.4 Å². The summed E-state index contributed by atoms with van der Waals surface area (Å²) in [6.45, 7) is 6.51. The third-order valence-electron chi connectivity index (χ3n) is 5.43. The standard InChI is InChI=1S/C19H29N5O4/c1-3-28-18(26)14-22-7-9-23(10-8-22)19(27)15-5-4-6-24(13-15)16-11-17(25)21(2)20-12-16/h11-12,15H,3-10,13-14H2,1-2H3. The number of aryl methyl sites for hydroxylation is 1. The second-order valence-corrected chi connectivity index (χ2v) is 7.37. The van der Waals surface area contributed by atoms with E-state index in [1.165, 1.54) is 4.68 Å². The molecule has 9 heteroatoms. The zero-order valence-electron chi connectivity index (χ0n) is 16.7. The highest BCUT2D eigenvalue weighted by molar-refractivity contribution is 5.80. The smallest absolute Gasteiger partial charge is 0.320 e. The maximum atomic E-state index is 13.0. The number of carbonyl (C=O) groups excluding carboxylic acids is 2. The summed E-state index contributed by atoms with van der Waals surface area (Å²) in [6, 6.07) is 1.58. The lowest BCUT2D eigenvalue weighted by Crippen LogP contribution is -2.53. The fraction of sp³-hybridized carbons (Fsp3) is 0.684. The second kappa shape index (κ2) is 9.18. The fourth-order valence-corrected chi connectivity index (χ4v) is 3.82. The molecule has 2 aliphatic heterocycles. The lowest BCUT2D eigenvalue weighted by Gasteiger charge is -2.39. The molecule has 0 saturated carbocycles. The van der Waals surface area contributed by atoms with Crippen LogP contribution in [0, 0.1) is 5.92 Å². The van der Waals surface area contributed by atoms with Crippen LogP contribution in [0.2, 0.25) is 0 Å². The van der Waals surface area contributed by atoms with Gasteiger partial charge in [0.1, 0.15) is 0 Å². The van der Waals surface area contributed by atoms with Gasteiger partial charge in [-0.1, -0.05) is 0 Å². The van der Waals surface area contributed by atoms with Crippen molar-refractivity contribution in [2.45, 2.75) is 19.8 Å². The molecule has 0 spiro atoms. The number of amides is 1. The van der Waals surface area contributed by atoms with Crippen LogP contribution in [-0.4, -0.2) is 83.9 Å². The Morgan fingerprint density at radius 2 is 1.96 bits per heavy atom. The van der Waals surface area contributed by atoms with Crippen molar-refractivity contribution in [2.75, 3.05) is 57.3 Å². The van der Waals surface area contributed by atoms with Crippen LogP contribution in [0.3, 0.4) is 0 Å². The molecule has 0 bridgehead atoms. The molecule has 0 radical (unpaired) electrons. The lowest BCUT2D eigenvalue weighted by molar-refractivity contribution is -0.145. The van der Waals surface area contributed by atoms with Crippen molar-refractivity contribution in [3.8, 4) is 0 Å². The third-order valence-corrected chi connectivity index (χ3v) is 5.43. The SMILES string of the molecule is CCOC(=O)CN1CCN(C(=O)C2CCCN(c3cnn(C)c(=O)c3)C2)CC1. The van der Waals surface area contributed by atoms with E-state index in [0.717, 1.165) is 25.1 Å². The Kier molecular flexibility index (Phi) is 6.66. The first-order chi connectivity index (χ1) is 13.5. The van der Waals surface area contributed by atoms with Gasteiger partial charge < -0.3 is 14.5 Å². The number of esters is 1. The molecule has 3 heterocycles. The van der Waals surface area contributed by atoms with E-state index in [1.54, 1.807) is 26.2 Å². The lowest BCUT2D eigenvalue weighted by atomic mass is 9.96. The van der Waals surface area contributed by atoms with E-state index in [0.29, 0.717) is 39.3 Å². The van der Waals surface area contributed by atoms with Gasteiger partial charge in [0, 0.05) is 52.4 Å². The Morgan fingerprint density at radius 3 is 2.64 bits per heavy atom. The van der Waals surface area contributed by atoms with E-state index in [1.807, 2.05) is 9.80 Å². The number of anilines is 1. The van der Waals surface area contributed by atoms with E-state index in [9.17, 15) is 14.4 Å². The Balaban J connectivity index is 1.54. The molecule has 0 N–H and O–H groups in total. The van der Waals surface area contributed by atoms with E-state index in [4.69, 9.17) is 4.74 Å². The topological polar surface area (TPSA) is 88.0 Å². The van der Waals surface area contributed by atoms with Gasteiger partial charge in [0.2, 0.25) is 5.91 Å². The third kappa shape index (κ3) is 4.89. The number of piperidine rings is 1. The zero-order chi connectivity index (χ0) is 20.1. The van der Waals surface area contributed by atoms with Gasteiger partial charge in [-0.3, -0.25) is 19.3 Å². The van der Waals surface area contributed by atoms with Crippen molar-refractivity contribution in [2.24, 2.45) is 13.0 Å². The van der Waals surface area contributed by atoms with Gasteiger partial charge in [0.05, 0.1) is 31.0 Å². The highest BCUT2D eigenvalue weighted by Crippen LogP contribution is 2.23. The van der Waals surface area contributed by atoms with Gasteiger partial charge in [-0.15, -0.1) is 0 Å². The van der Waals surface area contributed by atoms with Gasteiger partial charge in [-0.25, -0.2) is 4.68 Å². The molecule has 1 unspecified atom stereocenters. The summed E-state index contributed by atoms with van der Waals surface area (Å²) in [5, 5.41) is 4.08. The van der Waals surface area contributed by atoms with E-state index in [-0.39, 0.29) is 29.9 Å². The monoisotopic (exact) mass is 391 g/mol. The Bertz CT molecular complexity index is 757. The molecular formula is C19H29N5O4. The molecule has 154 valence electrons. The van der Waals surface area contributed by atoms with Crippen LogP contribution >= 0.6 is 0 Å². The maximum Gasteiger partial charge on any atom is 0.320 e. The summed E-state index contributed by atoms with van der Waals surface area (Å²) in [5.74, 6) is -0.125. The first-order valence-corrected chi connectivity index (χ1v) is 9.93. The maximum absolute atomic E-state index is 13.0. The normalized spacial score (nSPS) is 20.9. The Morgan fingerprint density at radius 1 is 1.21 bits per heavy atom. The largest absolute Gasteiger partial charge is 0.465 e. The van der Waals surface area contributed by atoms with Crippen molar-refractivity contribution in [1.82, 2.24) is 19.6 Å². The summed E-state index contributed by atoms with van der Waals surface area (Å²) in [7, 11) is 1.62. The first kappa shape index (κ1) is 20.3. The number of piperazine rings is 1. The molecule has 1 atom stereocenters. The summed E-state index contributed by atoms with van der Waals surface area (Å²) in [5.41, 5.74) is 0.628. The first-order valence-electron chi connectivity index (χ1n) is 9.93. The van der Waals surface area contributed by atoms with E-state index in [2.05, 4.69) is 10.00 Å². The highest BCUT2D eigenvalue weighted by atomic mass is 16.5. The average Bonchev–Trinajstić information content (AvgIpc) is 2.70. The molecule has 1 aromatic heterocycles. The number of hydrogen-bond donors (Lipinski definition) is 0. The zero-order valence-corrected chi connectivity index (χ0v) is 16.7. The Labute approximate surface area is 164 Å². The van der Waals surface area contributed by atoms with Crippen molar-refractivity contribution in [3.63, 3.8) is 0 Å². The minimum atomic E-state index is -0.215. The van der Waals surface area contributed by atoms with Crippen LogP contribution in [0.15, 0.2) is 17.1 Å². The number of rotatable bonds is 5. The van der Waals surface area contributed by atoms with E-state index >= 15 is 0 Å². The molecule has 9 nitrogen and oxygen atoms in total. The highest BCUT2D eigenvalue weighted by Gasteiger charge is 2.31. The minimum Gasteiger partial charge on any atom is -0.465 e. The number of nitrogens with zero attached hydrogens (tertiary/aromatic N) is 5. The number of ether oxygens (including phenoxy) is 1. The quantitative estimate of drug-likeness (QED) is 0.637. The van der Waals surface area contributed by atoms with Crippen LogP contribution in [0.1, 0.15) is 19.8 Å². The van der Waals surface area contributed by atoms with Crippen LogP contribution in [0.25, 0.3) is 0 Å². The van der Waals surface area contributed by atoms with Crippen LogP contribution in [0.4, 0.5) is 5.69 Å². The van der Waals surface area contributed by atoms with E-state index < -0.39 is 0 Å². The summed E-state index contributed by atoms with van der Waals surface area (Å²) in [4.78, 5) is 42.5. The molecule has 1 amide bonds. The number of carbonyl (C=O) groups is 2. The molecule has 2 aliphatic rings. The molecule has 2 fully saturated rings. The minimum absolute atomic E-state index is 0.0746. The second-order valence-electron chi connectivity index (χ2n) is 7.37. The van der Waals surface area contributed by atoms with Crippen molar-refractivity contribution in [3.05, 3.63) is 22.6 Å². The molecule has 28 heavy (non-hydrogen) atoms. The fourth-order valence-electron chi connectivity index (χ4n) is 3.82. The predicted octanol–water partition coefficient (Wildman–Crippen LogP) is -0.296. The number of aromatic nitrogens is 2. The molecular weight excluding hydrogens is 362 g/mol. The van der Waals surface area contributed by atoms with Crippen LogP contribution < -0.4 is 10.5 Å². The molecule has 0 aliphatic carbocycles. The van der Waals surface area contributed by atoms with Crippen molar-refractivity contribution < 1.29 is 14.3 Å². The molecule has 0 aromatic carbocycles. The van der Waals surface area contributed by atoms with Crippen molar-refractivity contribution in [1.29, 1.82) is 0 Å². The van der Waals surface area contributed by atoms with Crippen LogP contribution in [0.5, 0.6) is 0 Å². The summed E-state index contributed by atoms with van der Waals surface area (Å²) >= 11 is 0. The summed E-state index contributed by atoms with van der Waals surface area (Å²) < 4.78 is 6.29. The predicted molar refractivity (Wildman–Crippen MR) is 104 cm³/mol. The van der Waals surface area contributed by atoms with Gasteiger partial charge in [-0.2, -0.15) is 5.10 Å². The molecule has 2 saturated heterocycles. The number of hydrogen-bond acceptors (Lipinski definition) is 7. The van der Waals surface area contributed by atoms with Gasteiger partial charge >= 0.3 is 5.97 Å². The average molecular weight is 391 g/mol. The van der Waals surface area contributed by atoms with Crippen molar-refractivity contribution >= 4 is 17.6 Å². The molecule has 3 rings (SSSR count). The van der Waals surface area contributed by atoms with Gasteiger partial charge in [-0.05, 0) is 19.8 Å². The Hall–Kier alpha value is -2.42. The molecule has 1 aromatic rings. The van der Waals surface area contributed by atoms with Gasteiger partial charge in [0.25, 0.3) is 5.56 Å². The van der Waals surface area contributed by atoms with Gasteiger partial charge in [0.15, 0.2) is 0 Å².